The van der Waals surface area contributed by atoms with E-state index in [-0.39, 0.29) is 18.3 Å². The van der Waals surface area contributed by atoms with Crippen molar-refractivity contribution in [1.29, 1.82) is 0 Å². The fraction of sp³-hybridized carbons (Fsp3) is 0.125. The molecule has 0 aromatic heterocycles. The highest BCUT2D eigenvalue weighted by Gasteiger charge is 2.02. The quantitative estimate of drug-likeness (QED) is 0.451. The van der Waals surface area contributed by atoms with Crippen molar-refractivity contribution in [2.24, 2.45) is 5.10 Å². The van der Waals surface area contributed by atoms with Crippen molar-refractivity contribution >= 4 is 40.4 Å². The molecular formula is C16H15FIN3O. The standard InChI is InChI=1S/C16H15FIN3O/c1-11-8-13(18)6-7-15(11)19-10-16(22)21-20-9-12-4-2-3-5-14(12)17/h2-9,19H,10H2,1H3,(H,21,22)/b20-9+. The van der Waals surface area contributed by atoms with Crippen LogP contribution in [0.1, 0.15) is 11.1 Å². The van der Waals surface area contributed by atoms with Crippen LogP contribution in [0.2, 0.25) is 0 Å². The number of carbonyl (C=O) groups is 1. The summed E-state index contributed by atoms with van der Waals surface area (Å²) in [5.74, 6) is -0.682. The third-order valence-corrected chi connectivity index (χ3v) is 3.60. The number of benzene rings is 2. The van der Waals surface area contributed by atoms with Gasteiger partial charge in [-0.3, -0.25) is 4.79 Å². The van der Waals surface area contributed by atoms with Crippen molar-refractivity contribution in [2.45, 2.75) is 6.92 Å². The maximum Gasteiger partial charge on any atom is 0.259 e. The van der Waals surface area contributed by atoms with Crippen LogP contribution >= 0.6 is 22.6 Å². The highest BCUT2D eigenvalue weighted by atomic mass is 127. The number of rotatable bonds is 5. The van der Waals surface area contributed by atoms with E-state index in [4.69, 9.17) is 0 Å². The van der Waals surface area contributed by atoms with E-state index < -0.39 is 0 Å². The first-order chi connectivity index (χ1) is 10.6. The normalized spacial score (nSPS) is 10.7. The van der Waals surface area contributed by atoms with E-state index in [2.05, 4.69) is 38.4 Å². The maximum atomic E-state index is 13.3. The van der Waals surface area contributed by atoms with Gasteiger partial charge in [0.25, 0.3) is 5.91 Å². The van der Waals surface area contributed by atoms with Crippen molar-refractivity contribution in [1.82, 2.24) is 5.43 Å². The summed E-state index contributed by atoms with van der Waals surface area (Å²) < 4.78 is 14.5. The molecule has 1 amide bonds. The molecule has 2 N–H and O–H groups in total. The number of aryl methyl sites for hydroxylation is 1. The zero-order valence-corrected chi connectivity index (χ0v) is 14.1. The zero-order valence-electron chi connectivity index (χ0n) is 11.9. The van der Waals surface area contributed by atoms with Gasteiger partial charge >= 0.3 is 0 Å². The Kier molecular flexibility index (Phi) is 5.88. The highest BCUT2D eigenvalue weighted by molar-refractivity contribution is 14.1. The predicted octanol–water partition coefficient (Wildman–Crippen LogP) is 3.30. The van der Waals surface area contributed by atoms with Gasteiger partial charge in [-0.05, 0) is 59.3 Å². The van der Waals surface area contributed by atoms with Crippen molar-refractivity contribution in [3.05, 3.63) is 63.0 Å². The lowest BCUT2D eigenvalue weighted by atomic mass is 10.2. The van der Waals surface area contributed by atoms with E-state index in [1.54, 1.807) is 18.2 Å². The number of hydrogen-bond acceptors (Lipinski definition) is 3. The molecule has 6 heteroatoms. The average Bonchev–Trinajstić information content (AvgIpc) is 2.48. The minimum Gasteiger partial charge on any atom is -0.376 e. The molecular weight excluding hydrogens is 396 g/mol. The Morgan fingerprint density at radius 2 is 2.09 bits per heavy atom. The fourth-order valence-corrected chi connectivity index (χ4v) is 2.44. The van der Waals surface area contributed by atoms with E-state index in [9.17, 15) is 9.18 Å². The summed E-state index contributed by atoms with van der Waals surface area (Å²) in [7, 11) is 0. The van der Waals surface area contributed by atoms with Crippen molar-refractivity contribution in [3.63, 3.8) is 0 Å². The smallest absolute Gasteiger partial charge is 0.259 e. The maximum absolute atomic E-state index is 13.3. The van der Waals surface area contributed by atoms with Gasteiger partial charge in [-0.1, -0.05) is 18.2 Å². The van der Waals surface area contributed by atoms with Crippen molar-refractivity contribution in [2.75, 3.05) is 11.9 Å². The van der Waals surface area contributed by atoms with Crippen molar-refractivity contribution in [3.8, 4) is 0 Å². The molecule has 0 radical (unpaired) electrons. The summed E-state index contributed by atoms with van der Waals surface area (Å²) in [5, 5.41) is 6.78. The highest BCUT2D eigenvalue weighted by Crippen LogP contribution is 2.17. The van der Waals surface area contributed by atoms with Crippen LogP contribution in [0.3, 0.4) is 0 Å². The molecule has 2 aromatic rings. The number of amides is 1. The van der Waals surface area contributed by atoms with Crippen LogP contribution in [0.25, 0.3) is 0 Å². The van der Waals surface area contributed by atoms with Gasteiger partial charge in [-0.25, -0.2) is 9.82 Å². The lowest BCUT2D eigenvalue weighted by molar-refractivity contribution is -0.119. The van der Waals surface area contributed by atoms with Gasteiger partial charge < -0.3 is 5.32 Å². The van der Waals surface area contributed by atoms with Gasteiger partial charge in [0, 0.05) is 14.8 Å². The number of hydrogen-bond donors (Lipinski definition) is 2. The Hall–Kier alpha value is -1.96. The van der Waals surface area contributed by atoms with Gasteiger partial charge in [-0.15, -0.1) is 0 Å². The zero-order chi connectivity index (χ0) is 15.9. The third-order valence-electron chi connectivity index (χ3n) is 2.93. The topological polar surface area (TPSA) is 53.5 Å². The summed E-state index contributed by atoms with van der Waals surface area (Å²) in [6.45, 7) is 2.06. The first-order valence-electron chi connectivity index (χ1n) is 6.63. The van der Waals surface area contributed by atoms with Gasteiger partial charge in [-0.2, -0.15) is 5.10 Å². The molecule has 0 saturated carbocycles. The van der Waals surface area contributed by atoms with Crippen molar-refractivity contribution < 1.29 is 9.18 Å². The van der Waals surface area contributed by atoms with E-state index >= 15 is 0 Å². The monoisotopic (exact) mass is 411 g/mol. The fourth-order valence-electron chi connectivity index (χ4n) is 1.79. The van der Waals surface area contributed by atoms with Crippen LogP contribution < -0.4 is 10.7 Å². The lowest BCUT2D eigenvalue weighted by Crippen LogP contribution is -2.26. The van der Waals surface area contributed by atoms with E-state index in [0.29, 0.717) is 5.56 Å². The number of hydrazone groups is 1. The Balaban J connectivity index is 1.84. The number of carbonyl (C=O) groups excluding carboxylic acids is 1. The first kappa shape index (κ1) is 16.4. The van der Waals surface area contributed by atoms with Gasteiger partial charge in [0.15, 0.2) is 0 Å². The summed E-state index contributed by atoms with van der Waals surface area (Å²) in [6.07, 6.45) is 1.28. The molecule has 0 heterocycles. The summed E-state index contributed by atoms with van der Waals surface area (Å²) in [5.41, 5.74) is 4.64. The molecule has 2 rings (SSSR count). The largest absolute Gasteiger partial charge is 0.376 e. The third kappa shape index (κ3) is 4.80. The molecule has 4 nitrogen and oxygen atoms in total. The Morgan fingerprint density at radius 3 is 2.82 bits per heavy atom. The van der Waals surface area contributed by atoms with Crippen LogP contribution in [0.15, 0.2) is 47.6 Å². The predicted molar refractivity (Wildman–Crippen MR) is 94.5 cm³/mol. The van der Waals surface area contributed by atoms with Gasteiger partial charge in [0.1, 0.15) is 5.82 Å². The van der Waals surface area contributed by atoms with E-state index in [0.717, 1.165) is 14.8 Å². The minimum atomic E-state index is -0.381. The second-order valence-electron chi connectivity index (χ2n) is 4.63. The number of nitrogens with one attached hydrogen (secondary N) is 2. The van der Waals surface area contributed by atoms with Crippen LogP contribution in [-0.2, 0) is 4.79 Å². The molecule has 0 aliphatic heterocycles. The van der Waals surface area contributed by atoms with E-state index in [1.165, 1.54) is 12.3 Å². The van der Waals surface area contributed by atoms with Crippen LogP contribution in [0.4, 0.5) is 10.1 Å². The summed E-state index contributed by atoms with van der Waals surface area (Å²) in [6, 6.07) is 12.1. The number of anilines is 1. The minimum absolute atomic E-state index is 0.0933. The van der Waals surface area contributed by atoms with Crippen LogP contribution in [-0.4, -0.2) is 18.7 Å². The molecule has 0 saturated heterocycles. The molecule has 0 fully saturated rings. The Labute approximate surface area is 142 Å². The average molecular weight is 411 g/mol. The van der Waals surface area contributed by atoms with Crippen LogP contribution in [0, 0.1) is 16.3 Å². The van der Waals surface area contributed by atoms with Crippen LogP contribution in [0.5, 0.6) is 0 Å². The number of halogens is 2. The summed E-state index contributed by atoms with van der Waals surface area (Å²) >= 11 is 2.23. The molecule has 0 spiro atoms. The second-order valence-corrected chi connectivity index (χ2v) is 5.87. The second kappa shape index (κ2) is 7.88. The van der Waals surface area contributed by atoms with Gasteiger partial charge in [0.05, 0.1) is 12.8 Å². The molecule has 114 valence electrons. The molecule has 22 heavy (non-hydrogen) atoms. The van der Waals surface area contributed by atoms with E-state index in [1.807, 2.05) is 25.1 Å². The molecule has 0 bridgehead atoms. The Bertz CT molecular complexity index is 704. The number of nitrogens with zero attached hydrogens (tertiary/aromatic N) is 1. The summed E-state index contributed by atoms with van der Waals surface area (Å²) in [4.78, 5) is 11.7. The van der Waals surface area contributed by atoms with Gasteiger partial charge in [0.2, 0.25) is 0 Å². The molecule has 0 unspecified atom stereocenters. The molecule has 0 aliphatic carbocycles. The molecule has 2 aromatic carbocycles. The molecule has 0 atom stereocenters. The Morgan fingerprint density at radius 1 is 1.32 bits per heavy atom. The SMILES string of the molecule is Cc1cc(I)ccc1NCC(=O)N/N=C/c1ccccc1F. The first-order valence-corrected chi connectivity index (χ1v) is 7.70. The molecule has 0 aliphatic rings. The lowest BCUT2D eigenvalue weighted by Gasteiger charge is -2.08.